The average Bonchev–Trinajstić information content (AvgIpc) is 2.75. The van der Waals surface area contributed by atoms with Crippen molar-refractivity contribution in [3.8, 4) is 0 Å². The molecule has 2 amide bonds. The molecule has 1 unspecified atom stereocenters. The molecule has 6 nitrogen and oxygen atoms in total. The Kier molecular flexibility index (Phi) is 2.64. The molecule has 1 aromatic rings. The van der Waals surface area contributed by atoms with Crippen LogP contribution in [0.4, 0.5) is 0 Å². The van der Waals surface area contributed by atoms with Crippen molar-refractivity contribution in [1.29, 1.82) is 0 Å². The van der Waals surface area contributed by atoms with E-state index in [9.17, 15) is 9.59 Å². The van der Waals surface area contributed by atoms with E-state index < -0.39 is 0 Å². The van der Waals surface area contributed by atoms with Gasteiger partial charge in [0.2, 0.25) is 5.91 Å². The second-order valence-electron chi connectivity index (χ2n) is 3.97. The van der Waals surface area contributed by atoms with Crippen LogP contribution in [0.3, 0.4) is 0 Å². The van der Waals surface area contributed by atoms with Crippen molar-refractivity contribution in [2.45, 2.75) is 19.4 Å². The van der Waals surface area contributed by atoms with Gasteiger partial charge in [0, 0.05) is 25.7 Å². The zero-order chi connectivity index (χ0) is 11.7. The summed E-state index contributed by atoms with van der Waals surface area (Å²) in [5, 5.41) is 9.50. The predicted octanol–water partition coefficient (Wildman–Crippen LogP) is -0.653. The Morgan fingerprint density at radius 2 is 2.44 bits per heavy atom. The SMILES string of the molecule is Cc1cc(C(=O)NC2CNC(=O)C2)nn1C. The molecule has 1 aromatic heterocycles. The van der Waals surface area contributed by atoms with Crippen LogP contribution in [0.2, 0.25) is 0 Å². The lowest BCUT2D eigenvalue weighted by Crippen LogP contribution is -2.36. The van der Waals surface area contributed by atoms with Crippen LogP contribution in [0.1, 0.15) is 22.6 Å². The Balaban J connectivity index is 2.00. The maximum atomic E-state index is 11.7. The Morgan fingerprint density at radius 3 is 2.94 bits per heavy atom. The molecule has 2 heterocycles. The largest absolute Gasteiger partial charge is 0.354 e. The Morgan fingerprint density at radius 1 is 1.69 bits per heavy atom. The molecule has 0 aliphatic carbocycles. The number of carbonyl (C=O) groups is 2. The van der Waals surface area contributed by atoms with Gasteiger partial charge in [0.05, 0.1) is 6.04 Å². The predicted molar refractivity (Wildman–Crippen MR) is 56.8 cm³/mol. The van der Waals surface area contributed by atoms with Crippen LogP contribution in [0.15, 0.2) is 6.07 Å². The molecule has 0 spiro atoms. The number of hydrogen-bond donors (Lipinski definition) is 2. The van der Waals surface area contributed by atoms with Crippen LogP contribution in [-0.4, -0.2) is 34.2 Å². The highest BCUT2D eigenvalue weighted by Crippen LogP contribution is 2.04. The Bertz CT molecular complexity index is 419. The standard InChI is InChI=1S/C10H14N4O2/c1-6-3-8(13-14(6)2)10(16)12-7-4-9(15)11-5-7/h3,7H,4-5H2,1-2H3,(H,11,15)(H,12,16). The molecule has 2 N–H and O–H groups in total. The van der Waals surface area contributed by atoms with E-state index in [0.717, 1.165) is 5.69 Å². The van der Waals surface area contributed by atoms with Gasteiger partial charge in [0.15, 0.2) is 0 Å². The summed E-state index contributed by atoms with van der Waals surface area (Å²) < 4.78 is 1.65. The highest BCUT2D eigenvalue weighted by molar-refractivity contribution is 5.93. The van der Waals surface area contributed by atoms with Crippen molar-refractivity contribution in [2.24, 2.45) is 7.05 Å². The van der Waals surface area contributed by atoms with E-state index in [2.05, 4.69) is 15.7 Å². The molecule has 2 rings (SSSR count). The summed E-state index contributed by atoms with van der Waals surface area (Å²) in [5.41, 5.74) is 1.31. The monoisotopic (exact) mass is 222 g/mol. The second-order valence-corrected chi connectivity index (χ2v) is 3.97. The fourth-order valence-electron chi connectivity index (χ4n) is 1.64. The molecule has 0 radical (unpaired) electrons. The molecule has 1 atom stereocenters. The molecule has 1 fully saturated rings. The number of nitrogens with zero attached hydrogens (tertiary/aromatic N) is 2. The Hall–Kier alpha value is -1.85. The number of rotatable bonds is 2. The summed E-state index contributed by atoms with van der Waals surface area (Å²) >= 11 is 0. The first-order valence-electron chi connectivity index (χ1n) is 5.14. The van der Waals surface area contributed by atoms with E-state index in [4.69, 9.17) is 0 Å². The highest BCUT2D eigenvalue weighted by Gasteiger charge is 2.24. The second kappa shape index (κ2) is 3.96. The third kappa shape index (κ3) is 2.05. The lowest BCUT2D eigenvalue weighted by atomic mass is 10.2. The first kappa shape index (κ1) is 10.7. The summed E-state index contributed by atoms with van der Waals surface area (Å²) in [6, 6.07) is 1.60. The van der Waals surface area contributed by atoms with Gasteiger partial charge in [-0.15, -0.1) is 0 Å². The summed E-state index contributed by atoms with van der Waals surface area (Å²) in [7, 11) is 1.78. The molecular weight excluding hydrogens is 208 g/mol. The minimum absolute atomic E-state index is 0.0255. The van der Waals surface area contributed by atoms with Crippen LogP contribution in [0.5, 0.6) is 0 Å². The maximum absolute atomic E-state index is 11.7. The van der Waals surface area contributed by atoms with Gasteiger partial charge in [-0.25, -0.2) is 0 Å². The van der Waals surface area contributed by atoms with Crippen molar-refractivity contribution < 1.29 is 9.59 Å². The van der Waals surface area contributed by atoms with E-state index >= 15 is 0 Å². The number of aryl methyl sites for hydroxylation is 2. The molecule has 1 aliphatic heterocycles. The van der Waals surface area contributed by atoms with Crippen LogP contribution in [-0.2, 0) is 11.8 Å². The van der Waals surface area contributed by atoms with E-state index in [1.807, 2.05) is 6.92 Å². The van der Waals surface area contributed by atoms with Crippen LogP contribution < -0.4 is 10.6 Å². The normalized spacial score (nSPS) is 19.6. The summed E-state index contributed by atoms with van der Waals surface area (Å²) in [5.74, 6) is -0.257. The van der Waals surface area contributed by atoms with Gasteiger partial charge in [-0.2, -0.15) is 5.10 Å². The van der Waals surface area contributed by atoms with Gasteiger partial charge in [-0.05, 0) is 13.0 Å². The van der Waals surface area contributed by atoms with E-state index in [1.54, 1.807) is 17.8 Å². The molecule has 16 heavy (non-hydrogen) atoms. The minimum atomic E-state index is -0.231. The lowest BCUT2D eigenvalue weighted by Gasteiger charge is -2.08. The van der Waals surface area contributed by atoms with Crippen molar-refractivity contribution in [1.82, 2.24) is 20.4 Å². The maximum Gasteiger partial charge on any atom is 0.272 e. The number of hydrogen-bond acceptors (Lipinski definition) is 3. The first-order valence-corrected chi connectivity index (χ1v) is 5.14. The highest BCUT2D eigenvalue weighted by atomic mass is 16.2. The number of aromatic nitrogens is 2. The van der Waals surface area contributed by atoms with Crippen LogP contribution >= 0.6 is 0 Å². The fraction of sp³-hybridized carbons (Fsp3) is 0.500. The summed E-state index contributed by atoms with van der Waals surface area (Å²) in [6.45, 7) is 2.38. The van der Waals surface area contributed by atoms with Crippen molar-refractivity contribution in [2.75, 3.05) is 6.54 Å². The van der Waals surface area contributed by atoms with Crippen LogP contribution in [0, 0.1) is 6.92 Å². The fourth-order valence-corrected chi connectivity index (χ4v) is 1.64. The van der Waals surface area contributed by atoms with Gasteiger partial charge < -0.3 is 10.6 Å². The van der Waals surface area contributed by atoms with Crippen molar-refractivity contribution in [3.05, 3.63) is 17.5 Å². The quantitative estimate of drug-likeness (QED) is 0.698. The van der Waals surface area contributed by atoms with Crippen molar-refractivity contribution in [3.63, 3.8) is 0 Å². The summed E-state index contributed by atoms with van der Waals surface area (Å²) in [4.78, 5) is 22.7. The lowest BCUT2D eigenvalue weighted by molar-refractivity contribution is -0.119. The Labute approximate surface area is 93.0 Å². The number of carbonyl (C=O) groups excluding carboxylic acids is 2. The first-order chi connectivity index (χ1) is 7.56. The molecule has 86 valence electrons. The molecule has 1 saturated heterocycles. The average molecular weight is 222 g/mol. The van der Waals surface area contributed by atoms with Crippen LogP contribution in [0.25, 0.3) is 0 Å². The zero-order valence-electron chi connectivity index (χ0n) is 9.28. The molecule has 0 aromatic carbocycles. The van der Waals surface area contributed by atoms with Gasteiger partial charge >= 0.3 is 0 Å². The van der Waals surface area contributed by atoms with E-state index in [0.29, 0.717) is 18.7 Å². The third-order valence-corrected chi connectivity index (χ3v) is 2.66. The topological polar surface area (TPSA) is 76.0 Å². The smallest absolute Gasteiger partial charge is 0.272 e. The van der Waals surface area contributed by atoms with Crippen molar-refractivity contribution >= 4 is 11.8 Å². The number of amides is 2. The minimum Gasteiger partial charge on any atom is -0.354 e. The van der Waals surface area contributed by atoms with Gasteiger partial charge in [-0.3, -0.25) is 14.3 Å². The molecule has 6 heteroatoms. The van der Waals surface area contributed by atoms with E-state index in [1.165, 1.54) is 0 Å². The molecule has 0 saturated carbocycles. The molecule has 1 aliphatic rings. The van der Waals surface area contributed by atoms with Gasteiger partial charge in [-0.1, -0.05) is 0 Å². The summed E-state index contributed by atoms with van der Waals surface area (Å²) in [6.07, 6.45) is 0.345. The number of nitrogens with one attached hydrogen (secondary N) is 2. The third-order valence-electron chi connectivity index (χ3n) is 2.66. The van der Waals surface area contributed by atoms with E-state index in [-0.39, 0.29) is 17.9 Å². The zero-order valence-corrected chi connectivity index (χ0v) is 9.28. The van der Waals surface area contributed by atoms with Gasteiger partial charge in [0.25, 0.3) is 5.91 Å². The van der Waals surface area contributed by atoms with Gasteiger partial charge in [0.1, 0.15) is 5.69 Å². The molecule has 0 bridgehead atoms. The molecular formula is C10H14N4O2.